The molecule has 0 aromatic carbocycles. The molecule has 1 rings (SSSR count). The maximum atomic E-state index is 12.2. The highest BCUT2D eigenvalue weighted by Crippen LogP contribution is 2.22. The summed E-state index contributed by atoms with van der Waals surface area (Å²) in [4.78, 5) is 16.5. The highest BCUT2D eigenvalue weighted by molar-refractivity contribution is 7.98. The van der Waals surface area contributed by atoms with Gasteiger partial charge in [0.15, 0.2) is 0 Å². The number of thioether (sulfide) groups is 1. The summed E-state index contributed by atoms with van der Waals surface area (Å²) in [5.74, 6) is 1.18. The van der Waals surface area contributed by atoms with Crippen molar-refractivity contribution in [3.05, 3.63) is 23.4 Å². The molecule has 1 aromatic rings. The Balaban J connectivity index is 2.95. The summed E-state index contributed by atoms with van der Waals surface area (Å²) in [5.41, 5.74) is 7.06. The highest BCUT2D eigenvalue weighted by Gasteiger charge is 2.19. The molecule has 0 aliphatic heterocycles. The molecule has 0 saturated heterocycles. The maximum absolute atomic E-state index is 12.2. The van der Waals surface area contributed by atoms with Crippen LogP contribution in [0.2, 0.25) is 0 Å². The lowest BCUT2D eigenvalue weighted by atomic mass is 9.90. The number of carbonyl (C=O) groups excluding carboxylic acids is 1. The maximum Gasteiger partial charge on any atom is 0.251 e. The topological polar surface area (TPSA) is 68.0 Å². The first-order valence-electron chi connectivity index (χ1n) is 6.32. The van der Waals surface area contributed by atoms with Crippen LogP contribution in [0.3, 0.4) is 0 Å². The van der Waals surface area contributed by atoms with Gasteiger partial charge in [-0.05, 0) is 25.3 Å². The molecule has 1 aromatic heterocycles. The molecular weight excluding hydrogens is 258 g/mol. The van der Waals surface area contributed by atoms with Gasteiger partial charge in [0.2, 0.25) is 0 Å². The van der Waals surface area contributed by atoms with Crippen LogP contribution in [0.5, 0.6) is 0 Å². The van der Waals surface area contributed by atoms with E-state index in [1.54, 1.807) is 17.8 Å². The van der Waals surface area contributed by atoms with E-state index in [0.29, 0.717) is 11.4 Å². The first-order chi connectivity index (χ1) is 8.74. The Labute approximate surface area is 119 Å². The third-order valence-electron chi connectivity index (χ3n) is 2.67. The number of aromatic nitrogens is 1. The number of nitrogen functional groups attached to an aromatic ring is 1. The average molecular weight is 281 g/mol. The van der Waals surface area contributed by atoms with Crippen LogP contribution in [0.25, 0.3) is 0 Å². The summed E-state index contributed by atoms with van der Waals surface area (Å²) in [7, 11) is 0. The second kappa shape index (κ2) is 6.28. The molecule has 4 nitrogen and oxygen atoms in total. The highest BCUT2D eigenvalue weighted by atomic mass is 32.2. The van der Waals surface area contributed by atoms with Gasteiger partial charge < -0.3 is 11.1 Å². The molecule has 0 fully saturated rings. The van der Waals surface area contributed by atoms with Crippen molar-refractivity contribution < 1.29 is 4.79 Å². The van der Waals surface area contributed by atoms with Gasteiger partial charge in [0.1, 0.15) is 5.82 Å². The number of pyridine rings is 1. The standard InChI is InChI=1S/C14H23N3OS/c1-9(8-19-5)16-13(18)10-6-11(14(2,3)4)17-12(15)7-10/h6-7,9H,8H2,1-5H3,(H2,15,17)(H,16,18). The van der Waals surface area contributed by atoms with E-state index in [9.17, 15) is 4.79 Å². The van der Waals surface area contributed by atoms with Gasteiger partial charge in [-0.1, -0.05) is 20.8 Å². The van der Waals surface area contributed by atoms with Gasteiger partial charge in [0.05, 0.1) is 0 Å². The molecule has 1 heterocycles. The Morgan fingerprint density at radius 1 is 1.47 bits per heavy atom. The number of amides is 1. The minimum Gasteiger partial charge on any atom is -0.384 e. The lowest BCUT2D eigenvalue weighted by Gasteiger charge is -2.19. The number of hydrogen-bond donors (Lipinski definition) is 2. The van der Waals surface area contributed by atoms with Crippen LogP contribution in [0.1, 0.15) is 43.7 Å². The van der Waals surface area contributed by atoms with Crippen LogP contribution in [-0.2, 0) is 5.41 Å². The van der Waals surface area contributed by atoms with Gasteiger partial charge in [-0.15, -0.1) is 0 Å². The van der Waals surface area contributed by atoms with Gasteiger partial charge in [-0.3, -0.25) is 4.79 Å². The summed E-state index contributed by atoms with van der Waals surface area (Å²) in [6.45, 7) is 8.13. The molecule has 0 spiro atoms. The monoisotopic (exact) mass is 281 g/mol. The third kappa shape index (κ3) is 4.74. The molecule has 1 unspecified atom stereocenters. The summed E-state index contributed by atoms with van der Waals surface area (Å²) in [5, 5.41) is 2.96. The largest absolute Gasteiger partial charge is 0.384 e. The molecule has 5 heteroatoms. The SMILES string of the molecule is CSCC(C)NC(=O)c1cc(N)nc(C(C)(C)C)c1. The zero-order chi connectivity index (χ0) is 14.6. The van der Waals surface area contributed by atoms with Crippen molar-refractivity contribution in [3.8, 4) is 0 Å². The molecule has 0 saturated carbocycles. The number of nitrogens with two attached hydrogens (primary N) is 1. The first kappa shape index (κ1) is 15.8. The molecule has 1 amide bonds. The minimum atomic E-state index is -0.130. The fraction of sp³-hybridized carbons (Fsp3) is 0.571. The van der Waals surface area contributed by atoms with E-state index in [4.69, 9.17) is 5.73 Å². The molecule has 19 heavy (non-hydrogen) atoms. The van der Waals surface area contributed by atoms with Gasteiger partial charge in [0.25, 0.3) is 5.91 Å². The van der Waals surface area contributed by atoms with Crippen molar-refractivity contribution in [2.45, 2.75) is 39.2 Å². The Hall–Kier alpha value is -1.23. The molecule has 1 atom stereocenters. The third-order valence-corrected chi connectivity index (χ3v) is 3.50. The normalized spacial score (nSPS) is 13.1. The van der Waals surface area contributed by atoms with E-state index in [1.807, 2.05) is 40.0 Å². The Bertz CT molecular complexity index is 454. The molecule has 3 N–H and O–H groups in total. The average Bonchev–Trinajstić information content (AvgIpc) is 2.27. The summed E-state index contributed by atoms with van der Waals surface area (Å²) < 4.78 is 0. The molecular formula is C14H23N3OS. The van der Waals surface area contributed by atoms with Crippen LogP contribution in [0.15, 0.2) is 12.1 Å². The van der Waals surface area contributed by atoms with Crippen LogP contribution >= 0.6 is 11.8 Å². The number of hydrogen-bond acceptors (Lipinski definition) is 4. The van der Waals surface area contributed by atoms with Crippen molar-refractivity contribution in [1.82, 2.24) is 10.3 Å². The molecule has 0 bridgehead atoms. The predicted octanol–water partition coefficient (Wildman–Crippen LogP) is 2.44. The number of carbonyl (C=O) groups is 1. The van der Waals surface area contributed by atoms with Crippen LogP contribution < -0.4 is 11.1 Å². The van der Waals surface area contributed by atoms with E-state index in [0.717, 1.165) is 11.4 Å². The second-order valence-corrected chi connectivity index (χ2v) is 6.66. The number of nitrogens with zero attached hydrogens (tertiary/aromatic N) is 1. The van der Waals surface area contributed by atoms with E-state index >= 15 is 0 Å². The summed E-state index contributed by atoms with van der Waals surface area (Å²) in [6.07, 6.45) is 2.02. The van der Waals surface area contributed by atoms with Gasteiger partial charge >= 0.3 is 0 Å². The first-order valence-corrected chi connectivity index (χ1v) is 7.71. The lowest BCUT2D eigenvalue weighted by Crippen LogP contribution is -2.34. The van der Waals surface area contributed by atoms with Crippen molar-refractivity contribution in [2.24, 2.45) is 0 Å². The Morgan fingerprint density at radius 3 is 2.63 bits per heavy atom. The summed E-state index contributed by atoms with van der Waals surface area (Å²) >= 11 is 1.71. The van der Waals surface area contributed by atoms with Gasteiger partial charge in [0, 0.05) is 28.5 Å². The van der Waals surface area contributed by atoms with Gasteiger partial charge in [-0.2, -0.15) is 11.8 Å². The van der Waals surface area contributed by atoms with Crippen molar-refractivity contribution in [1.29, 1.82) is 0 Å². The van der Waals surface area contributed by atoms with Crippen LogP contribution in [-0.4, -0.2) is 28.9 Å². The van der Waals surface area contributed by atoms with Crippen molar-refractivity contribution in [2.75, 3.05) is 17.7 Å². The lowest BCUT2D eigenvalue weighted by molar-refractivity contribution is 0.0943. The second-order valence-electron chi connectivity index (χ2n) is 5.75. The van der Waals surface area contributed by atoms with E-state index in [1.165, 1.54) is 0 Å². The Kier molecular flexibility index (Phi) is 5.23. The fourth-order valence-electron chi connectivity index (χ4n) is 1.67. The predicted molar refractivity (Wildman–Crippen MR) is 82.7 cm³/mol. The number of anilines is 1. The molecule has 0 radical (unpaired) electrons. The van der Waals surface area contributed by atoms with E-state index in [-0.39, 0.29) is 17.4 Å². The fourth-order valence-corrected chi connectivity index (χ4v) is 2.25. The zero-order valence-electron chi connectivity index (χ0n) is 12.3. The van der Waals surface area contributed by atoms with Crippen molar-refractivity contribution in [3.63, 3.8) is 0 Å². The number of nitrogens with one attached hydrogen (secondary N) is 1. The van der Waals surface area contributed by atoms with Gasteiger partial charge in [-0.25, -0.2) is 4.98 Å². The molecule has 0 aliphatic rings. The quantitative estimate of drug-likeness (QED) is 0.889. The minimum absolute atomic E-state index is 0.0962. The summed E-state index contributed by atoms with van der Waals surface area (Å²) in [6, 6.07) is 3.57. The molecule has 0 aliphatic carbocycles. The Morgan fingerprint density at radius 2 is 2.11 bits per heavy atom. The molecule has 106 valence electrons. The number of rotatable bonds is 4. The van der Waals surface area contributed by atoms with Crippen molar-refractivity contribution >= 4 is 23.5 Å². The zero-order valence-corrected chi connectivity index (χ0v) is 13.1. The van der Waals surface area contributed by atoms with E-state index in [2.05, 4.69) is 10.3 Å². The van der Waals surface area contributed by atoms with E-state index < -0.39 is 0 Å². The van der Waals surface area contributed by atoms with Crippen LogP contribution in [0, 0.1) is 0 Å². The van der Waals surface area contributed by atoms with Crippen LogP contribution in [0.4, 0.5) is 5.82 Å². The smallest absolute Gasteiger partial charge is 0.251 e.